The average molecular weight is 296 g/mol. The predicted molar refractivity (Wildman–Crippen MR) is 74.8 cm³/mol. The second kappa shape index (κ2) is 6.63. The Morgan fingerprint density at radius 2 is 2.18 bits per heavy atom. The lowest BCUT2D eigenvalue weighted by Gasteiger charge is -2.20. The maximum Gasteiger partial charge on any atom is 0.101 e. The minimum Gasteiger partial charge on any atom is -0.380 e. The van der Waals surface area contributed by atoms with Crippen LogP contribution in [-0.4, -0.2) is 12.6 Å². The minimum absolute atomic E-state index is 0.211. The van der Waals surface area contributed by atoms with Crippen LogP contribution in [0.1, 0.15) is 25.8 Å². The molecule has 17 heavy (non-hydrogen) atoms. The molecule has 0 spiro atoms. The van der Waals surface area contributed by atoms with Gasteiger partial charge in [0, 0.05) is 17.1 Å². The van der Waals surface area contributed by atoms with Crippen LogP contribution in [0.3, 0.4) is 0 Å². The van der Waals surface area contributed by atoms with E-state index in [1.807, 2.05) is 18.2 Å². The molecular weight excluding hydrogens is 278 g/mol. The first-order valence-corrected chi connectivity index (χ1v) is 6.52. The van der Waals surface area contributed by atoms with E-state index in [1.165, 1.54) is 0 Å². The van der Waals surface area contributed by atoms with Crippen LogP contribution < -0.4 is 11.1 Å². The van der Waals surface area contributed by atoms with Gasteiger partial charge in [-0.1, -0.05) is 29.8 Å². The van der Waals surface area contributed by atoms with Crippen LogP contribution in [0.25, 0.3) is 0 Å². The number of anilines is 1. The summed E-state index contributed by atoms with van der Waals surface area (Å²) in [5, 5.41) is 12.4. The van der Waals surface area contributed by atoms with Crippen molar-refractivity contribution in [1.29, 1.82) is 5.26 Å². The molecule has 0 saturated heterocycles. The first kappa shape index (κ1) is 14.0. The molecule has 3 nitrogen and oxygen atoms in total. The third-order valence-electron chi connectivity index (χ3n) is 2.50. The van der Waals surface area contributed by atoms with Crippen molar-refractivity contribution in [2.24, 2.45) is 11.7 Å². The van der Waals surface area contributed by atoms with Crippen LogP contribution in [-0.2, 0) is 0 Å². The topological polar surface area (TPSA) is 61.8 Å². The second-order valence-electron chi connectivity index (χ2n) is 4.51. The quantitative estimate of drug-likeness (QED) is 0.877. The number of rotatable bonds is 5. The fraction of sp³-hybridized carbons (Fsp3) is 0.462. The number of halogens is 1. The Balaban J connectivity index is 2.83. The number of nitrogens with one attached hydrogen (secondary N) is 1. The zero-order valence-electron chi connectivity index (χ0n) is 10.2. The van der Waals surface area contributed by atoms with Gasteiger partial charge in [-0.25, -0.2) is 0 Å². The van der Waals surface area contributed by atoms with Gasteiger partial charge in [-0.15, -0.1) is 0 Å². The molecule has 1 atom stereocenters. The lowest BCUT2D eigenvalue weighted by molar-refractivity contribution is 0.522. The summed E-state index contributed by atoms with van der Waals surface area (Å²) in [4.78, 5) is 0. The highest BCUT2D eigenvalue weighted by Crippen LogP contribution is 2.21. The van der Waals surface area contributed by atoms with Crippen molar-refractivity contribution in [3.63, 3.8) is 0 Å². The van der Waals surface area contributed by atoms with Crippen molar-refractivity contribution >= 4 is 21.6 Å². The molecule has 1 aromatic rings. The van der Waals surface area contributed by atoms with Gasteiger partial charge in [-0.05, 0) is 30.5 Å². The Morgan fingerprint density at radius 1 is 1.47 bits per heavy atom. The van der Waals surface area contributed by atoms with E-state index < -0.39 is 0 Å². The van der Waals surface area contributed by atoms with Crippen molar-refractivity contribution in [2.75, 3.05) is 11.9 Å². The summed E-state index contributed by atoms with van der Waals surface area (Å²) in [7, 11) is 0. The minimum atomic E-state index is 0.211. The van der Waals surface area contributed by atoms with Crippen LogP contribution in [0.4, 0.5) is 5.69 Å². The van der Waals surface area contributed by atoms with Gasteiger partial charge >= 0.3 is 0 Å². The van der Waals surface area contributed by atoms with E-state index in [1.54, 1.807) is 0 Å². The largest absolute Gasteiger partial charge is 0.380 e. The maximum absolute atomic E-state index is 9.07. The highest BCUT2D eigenvalue weighted by Gasteiger charge is 2.11. The van der Waals surface area contributed by atoms with Crippen molar-refractivity contribution in [2.45, 2.75) is 26.3 Å². The molecule has 0 saturated carbocycles. The van der Waals surface area contributed by atoms with Gasteiger partial charge in [0.25, 0.3) is 0 Å². The molecule has 0 aliphatic rings. The molecule has 3 N–H and O–H groups in total. The van der Waals surface area contributed by atoms with Crippen LogP contribution in [0.5, 0.6) is 0 Å². The SMILES string of the molecule is CC(C)CC(CN)Nc1ccc(Br)cc1C#N. The van der Waals surface area contributed by atoms with Crippen LogP contribution >= 0.6 is 15.9 Å². The summed E-state index contributed by atoms with van der Waals surface area (Å²) in [6.45, 7) is 4.90. The summed E-state index contributed by atoms with van der Waals surface area (Å²) >= 11 is 3.36. The lowest BCUT2D eigenvalue weighted by Crippen LogP contribution is -2.30. The van der Waals surface area contributed by atoms with Gasteiger partial charge in [-0.2, -0.15) is 5.26 Å². The number of hydrogen-bond donors (Lipinski definition) is 2. The highest BCUT2D eigenvalue weighted by molar-refractivity contribution is 9.10. The van der Waals surface area contributed by atoms with E-state index in [0.29, 0.717) is 18.0 Å². The molecule has 0 aromatic heterocycles. The summed E-state index contributed by atoms with van der Waals surface area (Å²) in [5.41, 5.74) is 7.23. The number of hydrogen-bond acceptors (Lipinski definition) is 3. The highest BCUT2D eigenvalue weighted by atomic mass is 79.9. The van der Waals surface area contributed by atoms with E-state index in [2.05, 4.69) is 41.2 Å². The molecule has 0 aliphatic carbocycles. The van der Waals surface area contributed by atoms with Crippen molar-refractivity contribution < 1.29 is 0 Å². The van der Waals surface area contributed by atoms with E-state index in [9.17, 15) is 0 Å². The van der Waals surface area contributed by atoms with Crippen LogP contribution in [0, 0.1) is 17.2 Å². The van der Waals surface area contributed by atoms with Gasteiger partial charge in [-0.3, -0.25) is 0 Å². The first-order chi connectivity index (χ1) is 8.06. The third-order valence-corrected chi connectivity index (χ3v) is 3.00. The molecule has 0 radical (unpaired) electrons. The number of nitriles is 1. The molecule has 92 valence electrons. The number of nitrogens with zero attached hydrogens (tertiary/aromatic N) is 1. The van der Waals surface area contributed by atoms with Crippen molar-refractivity contribution in [1.82, 2.24) is 0 Å². The molecular formula is C13H18BrN3. The Hall–Kier alpha value is -1.05. The van der Waals surface area contributed by atoms with Gasteiger partial charge < -0.3 is 11.1 Å². The Kier molecular flexibility index (Phi) is 5.46. The zero-order chi connectivity index (χ0) is 12.8. The van der Waals surface area contributed by atoms with Crippen molar-refractivity contribution in [3.05, 3.63) is 28.2 Å². The summed E-state index contributed by atoms with van der Waals surface area (Å²) in [6, 6.07) is 8.04. The Morgan fingerprint density at radius 3 is 2.71 bits per heavy atom. The predicted octanol–water partition coefficient (Wildman–Crippen LogP) is 3.11. The second-order valence-corrected chi connectivity index (χ2v) is 5.42. The molecule has 0 fully saturated rings. The summed E-state index contributed by atoms with van der Waals surface area (Å²) in [6.07, 6.45) is 0.997. The third kappa shape index (κ3) is 4.37. The summed E-state index contributed by atoms with van der Waals surface area (Å²) in [5.74, 6) is 0.581. The molecule has 0 heterocycles. The molecule has 0 amide bonds. The van der Waals surface area contributed by atoms with Gasteiger partial charge in [0.15, 0.2) is 0 Å². The Bertz CT molecular complexity index is 410. The lowest BCUT2D eigenvalue weighted by atomic mass is 10.0. The normalized spacial score (nSPS) is 12.2. The molecule has 4 heteroatoms. The number of benzene rings is 1. The van der Waals surface area contributed by atoms with Crippen LogP contribution in [0.15, 0.2) is 22.7 Å². The van der Waals surface area contributed by atoms with E-state index in [-0.39, 0.29) is 6.04 Å². The molecule has 1 rings (SSSR count). The Labute approximate surface area is 111 Å². The smallest absolute Gasteiger partial charge is 0.101 e. The van der Waals surface area contributed by atoms with Crippen LogP contribution in [0.2, 0.25) is 0 Å². The standard InChI is InChI=1S/C13H18BrN3/c1-9(2)5-12(8-16)17-13-4-3-11(14)6-10(13)7-15/h3-4,6,9,12,17H,5,8,16H2,1-2H3. The molecule has 1 unspecified atom stereocenters. The zero-order valence-corrected chi connectivity index (χ0v) is 11.8. The molecule has 0 aliphatic heterocycles. The number of nitrogens with two attached hydrogens (primary N) is 1. The van der Waals surface area contributed by atoms with Gasteiger partial charge in [0.2, 0.25) is 0 Å². The fourth-order valence-electron chi connectivity index (χ4n) is 1.74. The maximum atomic E-state index is 9.07. The van der Waals surface area contributed by atoms with E-state index >= 15 is 0 Å². The average Bonchev–Trinajstić information content (AvgIpc) is 2.29. The first-order valence-electron chi connectivity index (χ1n) is 5.73. The van der Waals surface area contributed by atoms with Gasteiger partial charge in [0.05, 0.1) is 11.3 Å². The monoisotopic (exact) mass is 295 g/mol. The van der Waals surface area contributed by atoms with E-state index in [4.69, 9.17) is 11.0 Å². The van der Waals surface area contributed by atoms with E-state index in [0.717, 1.165) is 16.6 Å². The van der Waals surface area contributed by atoms with Crippen molar-refractivity contribution in [3.8, 4) is 6.07 Å². The summed E-state index contributed by atoms with van der Waals surface area (Å²) < 4.78 is 0.910. The molecule has 1 aromatic carbocycles. The van der Waals surface area contributed by atoms with Gasteiger partial charge in [0.1, 0.15) is 6.07 Å². The fourth-order valence-corrected chi connectivity index (χ4v) is 2.10. The molecule has 0 bridgehead atoms.